The zero-order valence-electron chi connectivity index (χ0n) is 41.6. The lowest BCUT2D eigenvalue weighted by Crippen LogP contribution is -2.64. The van der Waals surface area contributed by atoms with Gasteiger partial charge in [0.15, 0.2) is 17.4 Å². The third-order valence-electron chi connectivity index (χ3n) is 9.59. The molecule has 9 nitrogen and oxygen atoms in total. The molecule has 0 spiro atoms. The molecule has 0 saturated carbocycles. The van der Waals surface area contributed by atoms with Crippen LogP contribution in [-0.2, 0) is 38.0 Å². The molecule has 0 amide bonds. The van der Waals surface area contributed by atoms with E-state index >= 15 is 0 Å². The lowest BCUT2D eigenvalue weighted by atomic mass is 10.5. The Bertz CT molecular complexity index is 1640. The third-order valence-corrected chi connectivity index (χ3v) is 44.0. The maximum atomic E-state index is 14.1. The Hall–Kier alpha value is 0.122. The van der Waals surface area contributed by atoms with Crippen LogP contribution < -0.4 is 0 Å². The van der Waals surface area contributed by atoms with Crippen LogP contribution in [0.3, 0.4) is 0 Å². The molecule has 7 atom stereocenters. The van der Waals surface area contributed by atoms with Gasteiger partial charge < -0.3 is 28.8 Å². The maximum absolute atomic E-state index is 14.1. The second-order valence-corrected chi connectivity index (χ2v) is 51.9. The minimum Gasteiger partial charge on any atom is -0.439 e. The molecule has 0 heterocycles. The van der Waals surface area contributed by atoms with Crippen molar-refractivity contribution in [3.8, 4) is 0 Å². The number of hydrogen-bond acceptors (Lipinski definition) is 9. The van der Waals surface area contributed by atoms with Crippen LogP contribution in [0.4, 0.5) is 92.2 Å². The second kappa shape index (κ2) is 25.9. The molecule has 7 unspecified atom stereocenters. The Balaban J connectivity index is 8.16. The van der Waals surface area contributed by atoms with E-state index in [2.05, 4.69) is 0 Å². The third kappa shape index (κ3) is 36.3. The van der Waals surface area contributed by atoms with E-state index in [1.807, 2.05) is 0 Å². The van der Waals surface area contributed by atoms with Crippen molar-refractivity contribution in [1.29, 1.82) is 0 Å². The Labute approximate surface area is 415 Å². The van der Waals surface area contributed by atoms with Gasteiger partial charge in [-0.15, -0.1) is 0 Å². The molecule has 0 fully saturated rings. The molecule has 434 valence electrons. The molecule has 0 aromatic carbocycles. The molecule has 0 bridgehead atoms. The quantitative estimate of drug-likeness (QED) is 0.0292. The Morgan fingerprint density at radius 3 is 0.764 bits per heavy atom. The van der Waals surface area contributed by atoms with Gasteiger partial charge in [-0.1, -0.05) is 0 Å². The van der Waals surface area contributed by atoms with Gasteiger partial charge in [0.05, 0.1) is 0 Å². The van der Waals surface area contributed by atoms with Crippen LogP contribution >= 0.6 is 0 Å². The number of rotatable bonds is 31. The lowest BCUT2D eigenvalue weighted by molar-refractivity contribution is -0.160. The van der Waals surface area contributed by atoms with Crippen LogP contribution in [0.5, 0.6) is 0 Å². The van der Waals surface area contributed by atoms with Crippen molar-refractivity contribution < 1.29 is 130 Å². The number of hydrogen-bond donors (Lipinski definition) is 0. The molecule has 0 aliphatic rings. The average Bonchev–Trinajstić information content (AvgIpc) is 3.09. The molecule has 0 saturated heterocycles. The zero-order chi connectivity index (χ0) is 57.3. The molecule has 72 heavy (non-hydrogen) atoms. The van der Waals surface area contributed by atoms with Gasteiger partial charge >= 0.3 is 103 Å². The van der Waals surface area contributed by atoms with Gasteiger partial charge in [-0.3, -0.25) is 9.15 Å². The van der Waals surface area contributed by atoms with Crippen LogP contribution in [0.2, 0.25) is 121 Å². The van der Waals surface area contributed by atoms with E-state index in [0.717, 1.165) is 32.7 Å². The van der Waals surface area contributed by atoms with Gasteiger partial charge in [-0.25, -0.2) is 0 Å². The SMILES string of the molecule is C[SiH](CCC(F)(F)F)O[Si](C)(CCC(F)(F)F)O[Si](C)(CCC(F)(F)F)O[Si](C)(CCC(F)(F)F)O[Si](C)(CCC(F)(F)F)O[Si](C)(CCC(F)(F)F)O[Si](C)(CCC(F)(F)F)OO[Si](C)(C)O[Si](C)(C)C. The molecule has 0 rings (SSSR count). The van der Waals surface area contributed by atoms with E-state index in [0.29, 0.717) is 13.1 Å². The van der Waals surface area contributed by atoms with Gasteiger partial charge in [-0.2, -0.15) is 92.2 Å². The first-order valence-corrected chi connectivity index (χ1v) is 45.8. The first-order valence-electron chi connectivity index (χ1n) is 22.0. The van der Waals surface area contributed by atoms with Crippen LogP contribution in [0.1, 0.15) is 44.9 Å². The zero-order valence-corrected chi connectivity index (χ0v) is 50.7. The summed E-state index contributed by atoms with van der Waals surface area (Å²) in [5.74, 6) is 0. The standard InChI is InChI=1S/C33H65F21O9Si9/c1-64(20-13-27(34,35)36)57-68(8,22-15-29(40,41)42)60-70(10,24-17-31(46,47)48)62-72(12,26-19-33(52,53)54)63-71(11,25-18-32(49,50)51)61-69(9,23-16-30(43,44)45)59-67(7,21-14-28(37,38)39)56-55-66(5,6)58-65(2,3)4/h64H,13-26H2,1-12H3. The highest BCUT2D eigenvalue weighted by Crippen LogP contribution is 2.43. The van der Waals surface area contributed by atoms with E-state index < -0.39 is 208 Å². The summed E-state index contributed by atoms with van der Waals surface area (Å²) in [7, 11) is -39.7. The molecule has 0 aliphatic heterocycles. The summed E-state index contributed by atoms with van der Waals surface area (Å²) in [6.45, 7) is 13.6. The summed E-state index contributed by atoms with van der Waals surface area (Å²) in [6.07, 6.45) is -48.3. The van der Waals surface area contributed by atoms with Crippen LogP contribution in [-0.4, -0.2) is 121 Å². The predicted octanol–water partition coefficient (Wildman–Crippen LogP) is 16.0. The van der Waals surface area contributed by atoms with Crippen molar-refractivity contribution >= 4 is 77.3 Å². The summed E-state index contributed by atoms with van der Waals surface area (Å²) in [6, 6.07) is -8.73. The highest BCUT2D eigenvalue weighted by atomic mass is 28.5. The van der Waals surface area contributed by atoms with Crippen molar-refractivity contribution in [3.63, 3.8) is 0 Å². The second-order valence-electron chi connectivity index (χ2n) is 19.9. The minimum absolute atomic E-state index is 0.694. The van der Waals surface area contributed by atoms with E-state index in [1.165, 1.54) is 13.1 Å². The van der Waals surface area contributed by atoms with Crippen molar-refractivity contribution in [2.75, 3.05) is 0 Å². The van der Waals surface area contributed by atoms with Crippen LogP contribution in [0, 0.1) is 0 Å². The van der Waals surface area contributed by atoms with Crippen molar-refractivity contribution in [3.05, 3.63) is 0 Å². The van der Waals surface area contributed by atoms with Crippen LogP contribution in [0.25, 0.3) is 0 Å². The molecule has 0 aromatic rings. The van der Waals surface area contributed by atoms with Gasteiger partial charge in [0.25, 0.3) is 0 Å². The van der Waals surface area contributed by atoms with Crippen molar-refractivity contribution in [2.45, 2.75) is 209 Å². The first kappa shape index (κ1) is 72.1. The van der Waals surface area contributed by atoms with Crippen LogP contribution in [0.15, 0.2) is 0 Å². The summed E-state index contributed by atoms with van der Waals surface area (Å²) in [5.41, 5.74) is 0. The highest BCUT2D eigenvalue weighted by Gasteiger charge is 2.58. The molecular weight excluding hydrogens is 1190 g/mol. The molecule has 0 aromatic heterocycles. The summed E-state index contributed by atoms with van der Waals surface area (Å²) >= 11 is 0. The Kier molecular flexibility index (Phi) is 26.0. The average molecular weight is 1260 g/mol. The fourth-order valence-corrected chi connectivity index (χ4v) is 49.4. The molecular formula is C33H65F21O9Si9. The first-order chi connectivity index (χ1) is 31.3. The number of halogens is 21. The largest absolute Gasteiger partial charge is 0.439 e. The molecule has 39 heteroatoms. The van der Waals surface area contributed by atoms with Gasteiger partial charge in [0.1, 0.15) is 0 Å². The maximum Gasteiger partial charge on any atom is 0.389 e. The normalized spacial score (nSPS) is 20.0. The van der Waals surface area contributed by atoms with Gasteiger partial charge in [-0.05, 0) is 115 Å². The number of alkyl halides is 21. The predicted molar refractivity (Wildman–Crippen MR) is 242 cm³/mol. The summed E-state index contributed by atoms with van der Waals surface area (Å²) < 4.78 is 343. The minimum atomic E-state index is -5.31. The topological polar surface area (TPSA) is 83.1 Å². The van der Waals surface area contributed by atoms with E-state index in [-0.39, 0.29) is 0 Å². The smallest absolute Gasteiger partial charge is 0.389 e. The Morgan fingerprint density at radius 2 is 0.514 bits per heavy atom. The molecule has 0 aliphatic carbocycles. The monoisotopic (exact) mass is 1260 g/mol. The van der Waals surface area contributed by atoms with E-state index in [1.54, 1.807) is 19.6 Å². The summed E-state index contributed by atoms with van der Waals surface area (Å²) in [4.78, 5) is 0. The Morgan fingerprint density at radius 1 is 0.292 bits per heavy atom. The fraction of sp³-hybridized carbons (Fsp3) is 1.00. The van der Waals surface area contributed by atoms with Crippen molar-refractivity contribution in [2.24, 2.45) is 0 Å². The molecule has 0 N–H and O–H groups in total. The molecule has 0 radical (unpaired) electrons. The lowest BCUT2D eigenvalue weighted by Gasteiger charge is -2.47. The van der Waals surface area contributed by atoms with Gasteiger partial charge in [0.2, 0.25) is 0 Å². The summed E-state index contributed by atoms with van der Waals surface area (Å²) in [5, 5.41) is 0. The van der Waals surface area contributed by atoms with Gasteiger partial charge in [0, 0.05) is 51.0 Å². The van der Waals surface area contributed by atoms with Crippen molar-refractivity contribution in [1.82, 2.24) is 0 Å². The highest BCUT2D eigenvalue weighted by molar-refractivity contribution is 6.92. The fourth-order valence-electron chi connectivity index (χ4n) is 7.03. The van der Waals surface area contributed by atoms with E-state index in [9.17, 15) is 92.2 Å². The van der Waals surface area contributed by atoms with E-state index in [4.69, 9.17) is 38.0 Å².